The molecule has 1 aromatic heterocycles. The molecule has 2 aliphatic rings. The van der Waals surface area contributed by atoms with E-state index in [4.69, 9.17) is 13.9 Å². The van der Waals surface area contributed by atoms with Crippen LogP contribution in [0.25, 0.3) is 141 Å². The van der Waals surface area contributed by atoms with Crippen LogP contribution in [0.3, 0.4) is 0 Å². The Labute approximate surface area is 774 Å². The highest BCUT2D eigenvalue weighted by Crippen LogP contribution is 2.54. The van der Waals surface area contributed by atoms with E-state index < -0.39 is 0 Å². The average molecular weight is 1730 g/mol. The lowest BCUT2D eigenvalue weighted by Gasteiger charge is -2.32. The summed E-state index contributed by atoms with van der Waals surface area (Å²) in [6.07, 6.45) is 23.8. The van der Waals surface area contributed by atoms with Crippen molar-refractivity contribution in [1.29, 1.82) is 0 Å². The SMILES string of the molecule is CCCCC(CC)Cc1cccc2c(-c3cc(CN4Cc5ccc6c7ccc8c9c(ccc(c%10ccc(c5c6%10)C4)c97)CN(CCOC(=O)c4ccccc4-c4c5ccc(N(CC)CC)cc5[o+]c5cc(N(CC)CC)ccc45)C8)cc(-c4c5cccc(CC(CC)CCCC)c5cc5c(CC(CC)CCCC)cccc45)c3OC)c3cccc(CC(CC)CCCC)c3cc12. The molecule has 2 aliphatic heterocycles. The fraction of sp³-hybridized carbons (Fsp3) is 0.393. The third-order valence-electron chi connectivity index (χ3n) is 30.8. The molecule has 0 amide bonds. The summed E-state index contributed by atoms with van der Waals surface area (Å²) in [5.74, 6) is 3.06. The van der Waals surface area contributed by atoms with Crippen LogP contribution in [0, 0.1) is 23.7 Å². The molecule has 8 heteroatoms. The maximum absolute atomic E-state index is 14.8. The molecule has 16 aromatic rings. The third-order valence-corrected chi connectivity index (χ3v) is 30.8. The number of benzene rings is 15. The van der Waals surface area contributed by atoms with Gasteiger partial charge < -0.3 is 19.3 Å². The summed E-state index contributed by atoms with van der Waals surface area (Å²) in [6, 6.07) is 80.3. The van der Waals surface area contributed by atoms with E-state index in [0.717, 1.165) is 135 Å². The zero-order chi connectivity index (χ0) is 89.8. The van der Waals surface area contributed by atoms with Crippen molar-refractivity contribution in [2.24, 2.45) is 23.7 Å². The monoisotopic (exact) mass is 1720 g/mol. The van der Waals surface area contributed by atoms with E-state index in [1.165, 1.54) is 261 Å². The first-order valence-electron chi connectivity index (χ1n) is 50.6. The van der Waals surface area contributed by atoms with Crippen LogP contribution in [0.2, 0.25) is 0 Å². The molecule has 0 spiro atoms. The Balaban J connectivity index is 0.714. The summed E-state index contributed by atoms with van der Waals surface area (Å²) < 4.78 is 20.7. The number of hydrogen-bond acceptors (Lipinski definition) is 7. The second-order valence-electron chi connectivity index (χ2n) is 38.6. The van der Waals surface area contributed by atoms with Crippen LogP contribution in [-0.2, 0) is 63.1 Å². The van der Waals surface area contributed by atoms with E-state index in [0.29, 0.717) is 35.8 Å². The quantitative estimate of drug-likeness (QED) is 0.0163. The van der Waals surface area contributed by atoms with E-state index in [1.54, 1.807) is 0 Å². The van der Waals surface area contributed by atoms with Crippen LogP contribution < -0.4 is 14.5 Å². The lowest BCUT2D eigenvalue weighted by Crippen LogP contribution is -2.30. The highest BCUT2D eigenvalue weighted by atomic mass is 16.5. The van der Waals surface area contributed by atoms with Crippen LogP contribution in [0.4, 0.5) is 11.4 Å². The first-order valence-corrected chi connectivity index (χ1v) is 50.6. The zero-order valence-corrected chi connectivity index (χ0v) is 80.3. The molecule has 670 valence electrons. The van der Waals surface area contributed by atoms with Crippen molar-refractivity contribution in [3.05, 3.63) is 262 Å². The van der Waals surface area contributed by atoms with Crippen molar-refractivity contribution in [2.45, 2.75) is 244 Å². The van der Waals surface area contributed by atoms with Gasteiger partial charge in [0.2, 0.25) is 0 Å². The van der Waals surface area contributed by atoms with Crippen molar-refractivity contribution >= 4 is 125 Å². The zero-order valence-electron chi connectivity index (χ0n) is 80.3. The Hall–Kier alpha value is -10.9. The third kappa shape index (κ3) is 17.3. The molecule has 18 rings (SSSR count). The highest BCUT2D eigenvalue weighted by Gasteiger charge is 2.33. The number of carbonyl (C=O) groups excluding carboxylic acids is 1. The number of anilines is 2. The van der Waals surface area contributed by atoms with Crippen molar-refractivity contribution < 1.29 is 18.7 Å². The number of rotatable bonds is 40. The standard InChI is InChI=1S/C122H139N4O4/c1-14-26-36-79(18-5)64-84-40-32-46-95-106(84)72-107-85(65-80(19-6)37-27-15-2)41-33-47-96(107)116(95)110-68-83(69-111(121(110)128-13)117-97-48-34-42-86(66-81(20-7)38-28-16-3)108(97)73-109-87(43-35-49-98(109)117)67-82(21-8)39-29-17-4)74-124-77-90-52-58-101-99-56-50-88-75-123(76-89-51-57-100(119(99)114(88)89)102-59-53-91(78-124)115(90)120(101)102)62-63-129-122(127)103-45-31-30-44-94(103)118-104-60-54-92(125(22-9)23-10)70-112(104)130-113-71-93(55-61-105(113)118)126(24-11)25-12/h30-35,40-61,68-73,79-82H,14-29,36-39,62-67,74-78H2,1-13H3/q+1. The minimum atomic E-state index is -0.325. The fourth-order valence-electron chi connectivity index (χ4n) is 23.5. The topological polar surface area (TPSA) is 59.8 Å². The number of ether oxygens (including phenoxy) is 2. The number of fused-ring (bicyclic) bond motifs is 8. The first-order chi connectivity index (χ1) is 63.8. The molecular formula is C122H139N4O4+. The maximum Gasteiger partial charge on any atom is 0.363 e. The Morgan fingerprint density at radius 1 is 0.354 bits per heavy atom. The van der Waals surface area contributed by atoms with Gasteiger partial charge in [-0.1, -0.05) is 298 Å². The fourth-order valence-corrected chi connectivity index (χ4v) is 23.5. The van der Waals surface area contributed by atoms with E-state index in [-0.39, 0.29) is 12.6 Å². The molecule has 8 nitrogen and oxygen atoms in total. The van der Waals surface area contributed by atoms with Gasteiger partial charge in [-0.25, -0.2) is 9.21 Å². The van der Waals surface area contributed by atoms with Gasteiger partial charge in [-0.15, -0.1) is 0 Å². The minimum absolute atomic E-state index is 0.261. The van der Waals surface area contributed by atoms with Gasteiger partial charge in [0.25, 0.3) is 0 Å². The predicted molar refractivity (Wildman–Crippen MR) is 558 cm³/mol. The Bertz CT molecular complexity index is 6320. The van der Waals surface area contributed by atoms with Gasteiger partial charge in [-0.05, 0) is 273 Å². The van der Waals surface area contributed by atoms with E-state index >= 15 is 0 Å². The maximum atomic E-state index is 14.8. The lowest BCUT2D eigenvalue weighted by atomic mass is 9.81. The van der Waals surface area contributed by atoms with Crippen LogP contribution in [0.15, 0.2) is 211 Å². The van der Waals surface area contributed by atoms with Crippen LogP contribution >= 0.6 is 0 Å². The molecule has 0 radical (unpaired) electrons. The summed E-state index contributed by atoms with van der Waals surface area (Å²) in [5.41, 5.74) is 23.7. The summed E-state index contributed by atoms with van der Waals surface area (Å²) in [6.45, 7) is 36.2. The summed E-state index contributed by atoms with van der Waals surface area (Å²) in [7, 11) is 1.98. The molecule has 130 heavy (non-hydrogen) atoms. The Morgan fingerprint density at radius 2 is 0.708 bits per heavy atom. The van der Waals surface area contributed by atoms with Crippen molar-refractivity contribution in [2.75, 3.05) is 56.2 Å². The summed E-state index contributed by atoms with van der Waals surface area (Å²) >= 11 is 0. The van der Waals surface area contributed by atoms with E-state index in [1.807, 2.05) is 25.3 Å². The second-order valence-corrected chi connectivity index (χ2v) is 38.6. The molecule has 0 N–H and O–H groups in total. The normalized spacial score (nSPS) is 14.1. The molecule has 0 saturated carbocycles. The Morgan fingerprint density at radius 3 is 1.06 bits per heavy atom. The Kier molecular flexibility index (Phi) is 27.6. The van der Waals surface area contributed by atoms with Gasteiger partial charge in [-0.3, -0.25) is 9.80 Å². The van der Waals surface area contributed by atoms with Crippen molar-refractivity contribution in [1.82, 2.24) is 9.80 Å². The van der Waals surface area contributed by atoms with Gasteiger partial charge in [0.05, 0.1) is 35.6 Å². The predicted octanol–water partition coefficient (Wildman–Crippen LogP) is 33.0. The lowest BCUT2D eigenvalue weighted by molar-refractivity contribution is 0.0453. The van der Waals surface area contributed by atoms with Crippen LogP contribution in [0.5, 0.6) is 5.75 Å². The number of esters is 1. The number of methoxy groups -OCH3 is 1. The molecule has 3 heterocycles. The first kappa shape index (κ1) is 89.7. The number of carbonyl (C=O) groups is 1. The van der Waals surface area contributed by atoms with Gasteiger partial charge in [-0.2, -0.15) is 0 Å². The van der Waals surface area contributed by atoms with Gasteiger partial charge in [0, 0.05) is 105 Å². The summed E-state index contributed by atoms with van der Waals surface area (Å²) in [4.78, 5) is 24.7. The molecular weight excluding hydrogens is 1590 g/mol. The van der Waals surface area contributed by atoms with E-state index in [9.17, 15) is 4.79 Å². The molecule has 0 bridgehead atoms. The van der Waals surface area contributed by atoms with Crippen LogP contribution in [0.1, 0.15) is 246 Å². The van der Waals surface area contributed by atoms with E-state index in [2.05, 4.69) is 291 Å². The molecule has 15 aromatic carbocycles. The van der Waals surface area contributed by atoms with Crippen molar-refractivity contribution in [3.63, 3.8) is 0 Å². The number of unbranched alkanes of at least 4 members (excludes halogenated alkanes) is 4. The minimum Gasteiger partial charge on any atom is -0.495 e. The number of hydrogen-bond donors (Lipinski definition) is 0. The number of nitrogens with zero attached hydrogens (tertiary/aromatic N) is 4. The molecule has 0 fully saturated rings. The smallest absolute Gasteiger partial charge is 0.363 e. The molecule has 4 atom stereocenters. The van der Waals surface area contributed by atoms with Gasteiger partial charge in [0.1, 0.15) is 12.4 Å². The van der Waals surface area contributed by atoms with Gasteiger partial charge in [0.15, 0.2) is 0 Å². The summed E-state index contributed by atoms with van der Waals surface area (Å²) in [5, 5.41) is 23.6. The molecule has 0 aliphatic carbocycles. The largest absolute Gasteiger partial charge is 0.495 e. The average Bonchev–Trinajstić information content (AvgIpc) is 0.697. The molecule has 0 saturated heterocycles. The molecule has 4 unspecified atom stereocenters. The highest BCUT2D eigenvalue weighted by molar-refractivity contribution is 6.34. The second kappa shape index (κ2) is 40.0. The van der Waals surface area contributed by atoms with Crippen molar-refractivity contribution in [3.8, 4) is 39.1 Å². The van der Waals surface area contributed by atoms with Gasteiger partial charge >= 0.3 is 17.1 Å². The van der Waals surface area contributed by atoms with Crippen LogP contribution in [-0.4, -0.2) is 62.2 Å².